The summed E-state index contributed by atoms with van der Waals surface area (Å²) in [5.41, 5.74) is 0.168. The number of rotatable bonds is 4. The highest BCUT2D eigenvalue weighted by Gasteiger charge is 2.09. The molecule has 0 radical (unpaired) electrons. The Hall–Kier alpha value is -2.69. The Kier molecular flexibility index (Phi) is 3.56. The molecule has 2 aromatic rings. The predicted molar refractivity (Wildman–Crippen MR) is 69.9 cm³/mol. The van der Waals surface area contributed by atoms with Crippen molar-refractivity contribution in [1.82, 2.24) is 0 Å². The van der Waals surface area contributed by atoms with E-state index in [1.807, 2.05) is 0 Å². The summed E-state index contributed by atoms with van der Waals surface area (Å²) >= 11 is 0. The van der Waals surface area contributed by atoms with Gasteiger partial charge in [-0.15, -0.1) is 0 Å². The number of nitrogens with zero attached hydrogens (tertiary/aromatic N) is 1. The highest BCUT2D eigenvalue weighted by Crippen LogP contribution is 2.15. The van der Waals surface area contributed by atoms with Crippen LogP contribution >= 0.6 is 0 Å². The first-order valence-electron chi connectivity index (χ1n) is 5.59. The van der Waals surface area contributed by atoms with Crippen LogP contribution in [0.15, 0.2) is 46.9 Å². The molecule has 1 heterocycles. The maximum atomic E-state index is 11.8. The van der Waals surface area contributed by atoms with Gasteiger partial charge in [0.05, 0.1) is 4.92 Å². The Bertz CT molecular complexity index is 655. The number of aryl methyl sites for hydroxylation is 1. The summed E-state index contributed by atoms with van der Waals surface area (Å²) in [7, 11) is 0. The van der Waals surface area contributed by atoms with E-state index in [1.54, 1.807) is 19.1 Å². The van der Waals surface area contributed by atoms with Gasteiger partial charge < -0.3 is 4.42 Å². The number of allylic oxidation sites excluding steroid dienone is 1. The molecule has 0 N–H and O–H groups in total. The Morgan fingerprint density at radius 1 is 1.32 bits per heavy atom. The number of carbonyl (C=O) groups excluding carboxylic acids is 1. The third kappa shape index (κ3) is 3.16. The van der Waals surface area contributed by atoms with Crippen molar-refractivity contribution in [3.8, 4) is 0 Å². The van der Waals surface area contributed by atoms with Gasteiger partial charge in [0, 0.05) is 17.7 Å². The third-order valence-corrected chi connectivity index (χ3v) is 2.50. The molecular weight excluding hydrogens is 246 g/mol. The maximum absolute atomic E-state index is 11.8. The topological polar surface area (TPSA) is 73.3 Å². The van der Waals surface area contributed by atoms with Gasteiger partial charge in [0.1, 0.15) is 11.5 Å². The summed E-state index contributed by atoms with van der Waals surface area (Å²) in [5.74, 6) is 1.01. The predicted octanol–water partition coefficient (Wildman–Crippen LogP) is 3.39. The molecule has 2 rings (SSSR count). The molecule has 0 spiro atoms. The second-order valence-corrected chi connectivity index (χ2v) is 3.95. The van der Waals surface area contributed by atoms with Gasteiger partial charge in [0.25, 0.3) is 5.69 Å². The quantitative estimate of drug-likeness (QED) is 0.364. The number of furan rings is 1. The minimum atomic E-state index is -0.531. The SMILES string of the molecule is Cc1ccc(C=CC(=O)c2cccc([N+](=O)[O-])c2)o1. The first-order chi connectivity index (χ1) is 9.06. The molecule has 0 aliphatic carbocycles. The molecular formula is C14H11NO4. The largest absolute Gasteiger partial charge is 0.462 e. The molecule has 19 heavy (non-hydrogen) atoms. The molecule has 5 heteroatoms. The number of non-ortho nitro benzene ring substituents is 1. The molecule has 0 unspecified atom stereocenters. The van der Waals surface area contributed by atoms with Gasteiger partial charge in [-0.2, -0.15) is 0 Å². The van der Waals surface area contributed by atoms with Crippen LogP contribution in [0.4, 0.5) is 5.69 Å². The van der Waals surface area contributed by atoms with Gasteiger partial charge in [0.2, 0.25) is 0 Å². The summed E-state index contributed by atoms with van der Waals surface area (Å²) < 4.78 is 5.28. The van der Waals surface area contributed by atoms with Crippen molar-refractivity contribution in [3.63, 3.8) is 0 Å². The number of hydrogen-bond donors (Lipinski definition) is 0. The van der Waals surface area contributed by atoms with Gasteiger partial charge in [-0.25, -0.2) is 0 Å². The van der Waals surface area contributed by atoms with Gasteiger partial charge in [0.15, 0.2) is 5.78 Å². The zero-order chi connectivity index (χ0) is 13.8. The fourth-order valence-electron chi connectivity index (χ4n) is 1.57. The number of ketones is 1. The Morgan fingerprint density at radius 2 is 2.11 bits per heavy atom. The maximum Gasteiger partial charge on any atom is 0.270 e. The first-order valence-corrected chi connectivity index (χ1v) is 5.59. The van der Waals surface area contributed by atoms with Crippen molar-refractivity contribution < 1.29 is 14.1 Å². The van der Waals surface area contributed by atoms with Gasteiger partial charge in [-0.05, 0) is 31.2 Å². The van der Waals surface area contributed by atoms with Crippen molar-refractivity contribution in [2.75, 3.05) is 0 Å². The molecule has 0 amide bonds. The van der Waals surface area contributed by atoms with Crippen LogP contribution in [0.1, 0.15) is 21.9 Å². The van der Waals surface area contributed by atoms with E-state index in [4.69, 9.17) is 4.42 Å². The minimum absolute atomic E-state index is 0.104. The lowest BCUT2D eigenvalue weighted by Crippen LogP contribution is -1.96. The van der Waals surface area contributed by atoms with Crippen LogP contribution in [0.5, 0.6) is 0 Å². The summed E-state index contributed by atoms with van der Waals surface area (Å²) in [6, 6.07) is 9.14. The molecule has 0 bridgehead atoms. The van der Waals surface area contributed by atoms with Gasteiger partial charge in [-0.3, -0.25) is 14.9 Å². The van der Waals surface area contributed by atoms with Crippen molar-refractivity contribution in [2.24, 2.45) is 0 Å². The van der Waals surface area contributed by atoms with Crippen LogP contribution in [0, 0.1) is 17.0 Å². The number of nitro benzene ring substituents is 1. The van der Waals surface area contributed by atoms with E-state index in [2.05, 4.69) is 0 Å². The van der Waals surface area contributed by atoms with Crippen LogP contribution in [0.25, 0.3) is 6.08 Å². The monoisotopic (exact) mass is 257 g/mol. The summed E-state index contributed by atoms with van der Waals surface area (Å²) in [6.07, 6.45) is 2.87. The van der Waals surface area contributed by atoms with E-state index >= 15 is 0 Å². The minimum Gasteiger partial charge on any atom is -0.462 e. The summed E-state index contributed by atoms with van der Waals surface area (Å²) in [5, 5.41) is 10.6. The molecule has 96 valence electrons. The van der Waals surface area contributed by atoms with Crippen molar-refractivity contribution >= 4 is 17.5 Å². The normalized spacial score (nSPS) is 10.8. The summed E-state index contributed by atoms with van der Waals surface area (Å²) in [4.78, 5) is 21.9. The van der Waals surface area contributed by atoms with E-state index in [0.29, 0.717) is 5.76 Å². The number of nitro groups is 1. The fraction of sp³-hybridized carbons (Fsp3) is 0.0714. The molecule has 0 aliphatic heterocycles. The van der Waals surface area contributed by atoms with E-state index in [1.165, 1.54) is 36.4 Å². The van der Waals surface area contributed by atoms with Crippen LogP contribution in [0.2, 0.25) is 0 Å². The van der Waals surface area contributed by atoms with E-state index in [9.17, 15) is 14.9 Å². The van der Waals surface area contributed by atoms with Crippen molar-refractivity contribution in [3.05, 3.63) is 69.7 Å². The number of hydrogen-bond acceptors (Lipinski definition) is 4. The first kappa shape index (κ1) is 12.8. The van der Waals surface area contributed by atoms with Crippen LogP contribution in [-0.4, -0.2) is 10.7 Å². The van der Waals surface area contributed by atoms with Crippen LogP contribution in [-0.2, 0) is 0 Å². The molecule has 0 saturated carbocycles. The zero-order valence-electron chi connectivity index (χ0n) is 10.2. The van der Waals surface area contributed by atoms with Crippen LogP contribution < -0.4 is 0 Å². The second-order valence-electron chi connectivity index (χ2n) is 3.95. The molecule has 1 aromatic heterocycles. The molecule has 0 saturated heterocycles. The molecule has 0 fully saturated rings. The molecule has 0 atom stereocenters. The smallest absolute Gasteiger partial charge is 0.270 e. The Balaban J connectivity index is 2.18. The summed E-state index contributed by atoms with van der Waals surface area (Å²) in [6.45, 7) is 1.81. The number of benzene rings is 1. The van der Waals surface area contributed by atoms with E-state index in [0.717, 1.165) is 5.76 Å². The van der Waals surface area contributed by atoms with Gasteiger partial charge in [-0.1, -0.05) is 12.1 Å². The van der Waals surface area contributed by atoms with Crippen molar-refractivity contribution in [2.45, 2.75) is 6.92 Å². The lowest BCUT2D eigenvalue weighted by molar-refractivity contribution is -0.384. The second kappa shape index (κ2) is 5.30. The molecule has 0 aliphatic rings. The lowest BCUT2D eigenvalue weighted by atomic mass is 10.1. The highest BCUT2D eigenvalue weighted by atomic mass is 16.6. The Labute approximate surface area is 109 Å². The van der Waals surface area contributed by atoms with Gasteiger partial charge >= 0.3 is 0 Å². The average Bonchev–Trinajstić information content (AvgIpc) is 2.82. The standard InChI is InChI=1S/C14H11NO4/c1-10-5-6-13(19-10)7-8-14(16)11-3-2-4-12(9-11)15(17)18/h2-9H,1H3. The fourth-order valence-corrected chi connectivity index (χ4v) is 1.57. The van der Waals surface area contributed by atoms with E-state index in [-0.39, 0.29) is 17.0 Å². The highest BCUT2D eigenvalue weighted by molar-refractivity contribution is 6.07. The molecule has 1 aromatic carbocycles. The number of carbonyl (C=O) groups is 1. The van der Waals surface area contributed by atoms with Crippen LogP contribution in [0.3, 0.4) is 0 Å². The lowest BCUT2D eigenvalue weighted by Gasteiger charge is -1.95. The third-order valence-electron chi connectivity index (χ3n) is 2.50. The zero-order valence-corrected chi connectivity index (χ0v) is 10.2. The average molecular weight is 257 g/mol. The molecule has 5 nitrogen and oxygen atoms in total. The van der Waals surface area contributed by atoms with Crippen molar-refractivity contribution in [1.29, 1.82) is 0 Å². The van der Waals surface area contributed by atoms with E-state index < -0.39 is 4.92 Å². The Morgan fingerprint density at radius 3 is 2.74 bits per heavy atom.